The number of nitrogens with zero attached hydrogens (tertiary/aromatic N) is 2. The maximum atomic E-state index is 13.0. The highest BCUT2D eigenvalue weighted by molar-refractivity contribution is 6.00. The van der Waals surface area contributed by atoms with Crippen LogP contribution >= 0.6 is 0 Å². The Bertz CT molecular complexity index is 644. The summed E-state index contributed by atoms with van der Waals surface area (Å²) in [5.74, 6) is 1.18. The van der Waals surface area contributed by atoms with E-state index in [0.29, 0.717) is 25.4 Å². The lowest BCUT2D eigenvalue weighted by Crippen LogP contribution is -2.47. The van der Waals surface area contributed by atoms with Gasteiger partial charge in [-0.05, 0) is 31.6 Å². The predicted octanol–water partition coefficient (Wildman–Crippen LogP) is 3.10. The normalized spacial score (nSPS) is 36.5. The van der Waals surface area contributed by atoms with E-state index in [4.69, 9.17) is 4.74 Å². The van der Waals surface area contributed by atoms with Gasteiger partial charge in [0.25, 0.3) is 0 Å². The van der Waals surface area contributed by atoms with Crippen molar-refractivity contribution in [1.29, 1.82) is 0 Å². The third-order valence-corrected chi connectivity index (χ3v) is 5.45. The van der Waals surface area contributed by atoms with Crippen LogP contribution in [-0.4, -0.2) is 25.0 Å². The number of dihydropyridines is 1. The maximum Gasteiger partial charge on any atom is 0.162 e. The Kier molecular flexibility index (Phi) is 2.89. The summed E-state index contributed by atoms with van der Waals surface area (Å²) in [6, 6.07) is 0. The molecule has 0 saturated carbocycles. The molecule has 1 aliphatic carbocycles. The van der Waals surface area contributed by atoms with Crippen LogP contribution in [0.2, 0.25) is 0 Å². The van der Waals surface area contributed by atoms with Crippen molar-refractivity contribution in [2.24, 2.45) is 21.1 Å². The van der Waals surface area contributed by atoms with E-state index in [1.165, 1.54) is 5.57 Å². The monoisotopic (exact) mass is 301 g/mol. The first kappa shape index (κ1) is 14.1. The summed E-state index contributed by atoms with van der Waals surface area (Å²) in [6.45, 7) is 7.74. The Morgan fingerprint density at radius 2 is 2.14 bits per heavy atom. The number of ketones is 1. The van der Waals surface area contributed by atoms with Crippen LogP contribution in [0.5, 0.6) is 0 Å². The number of rotatable bonds is 0. The second kappa shape index (κ2) is 4.51. The van der Waals surface area contributed by atoms with Crippen molar-refractivity contribution >= 4 is 5.78 Å². The van der Waals surface area contributed by atoms with Crippen LogP contribution < -0.4 is 5.32 Å². The number of Topliss-reactive ketones (excluding diaryl/α,β-unsaturated/α-hetero) is 1. The zero-order valence-corrected chi connectivity index (χ0v) is 13.5. The fraction of sp³-hybridized carbons (Fsp3) is 0.706. The Morgan fingerprint density at radius 1 is 1.32 bits per heavy atom. The molecule has 4 rings (SSSR count). The number of hydrogen-bond donors (Lipinski definition) is 1. The molecule has 1 saturated heterocycles. The van der Waals surface area contributed by atoms with E-state index in [-0.39, 0.29) is 16.9 Å². The van der Waals surface area contributed by atoms with Crippen molar-refractivity contribution in [2.45, 2.75) is 52.6 Å². The van der Waals surface area contributed by atoms with Crippen LogP contribution in [0.15, 0.2) is 32.9 Å². The highest BCUT2D eigenvalue weighted by Gasteiger charge is 2.52. The van der Waals surface area contributed by atoms with Crippen LogP contribution in [0.1, 0.15) is 46.5 Å². The molecule has 22 heavy (non-hydrogen) atoms. The molecule has 0 aromatic rings. The van der Waals surface area contributed by atoms with Crippen molar-refractivity contribution in [2.75, 3.05) is 13.2 Å². The largest absolute Gasteiger partial charge is 0.378 e. The Morgan fingerprint density at radius 3 is 2.91 bits per heavy atom. The van der Waals surface area contributed by atoms with Gasteiger partial charge in [0.05, 0.1) is 12.6 Å². The number of carbonyl (C=O) groups is 1. The van der Waals surface area contributed by atoms with Crippen molar-refractivity contribution < 1.29 is 9.53 Å². The van der Waals surface area contributed by atoms with Crippen LogP contribution in [0, 0.1) is 10.8 Å². The van der Waals surface area contributed by atoms with Gasteiger partial charge >= 0.3 is 0 Å². The smallest absolute Gasteiger partial charge is 0.162 e. The highest BCUT2D eigenvalue weighted by atomic mass is 16.5. The van der Waals surface area contributed by atoms with Gasteiger partial charge in [0.2, 0.25) is 0 Å². The first-order valence-corrected chi connectivity index (χ1v) is 8.18. The Hall–Kier alpha value is -1.49. The lowest BCUT2D eigenvalue weighted by atomic mass is 9.59. The summed E-state index contributed by atoms with van der Waals surface area (Å²) >= 11 is 0. The first-order chi connectivity index (χ1) is 10.4. The van der Waals surface area contributed by atoms with Gasteiger partial charge in [0.1, 0.15) is 0 Å². The van der Waals surface area contributed by atoms with Gasteiger partial charge in [-0.15, -0.1) is 5.11 Å². The van der Waals surface area contributed by atoms with E-state index in [1.807, 2.05) is 0 Å². The summed E-state index contributed by atoms with van der Waals surface area (Å²) in [5, 5.41) is 12.0. The Labute approximate surface area is 130 Å². The minimum absolute atomic E-state index is 0.00863. The van der Waals surface area contributed by atoms with Gasteiger partial charge in [-0.1, -0.05) is 13.8 Å². The lowest BCUT2D eigenvalue weighted by molar-refractivity contribution is -0.120. The van der Waals surface area contributed by atoms with Crippen LogP contribution in [-0.2, 0) is 9.53 Å². The molecule has 1 fully saturated rings. The quantitative estimate of drug-likeness (QED) is 0.748. The zero-order valence-electron chi connectivity index (χ0n) is 13.5. The molecule has 0 radical (unpaired) electrons. The molecule has 5 nitrogen and oxygen atoms in total. The van der Waals surface area contributed by atoms with E-state index in [9.17, 15) is 4.79 Å². The fourth-order valence-corrected chi connectivity index (χ4v) is 4.65. The number of nitrogens with one attached hydrogen (secondary N) is 1. The molecule has 1 spiro atoms. The van der Waals surface area contributed by atoms with Crippen LogP contribution in [0.3, 0.4) is 0 Å². The number of azo groups is 1. The van der Waals surface area contributed by atoms with E-state index in [2.05, 4.69) is 36.3 Å². The van der Waals surface area contributed by atoms with E-state index < -0.39 is 0 Å². The molecule has 0 aromatic carbocycles. The van der Waals surface area contributed by atoms with E-state index >= 15 is 0 Å². The number of carbonyl (C=O) groups excluding carboxylic acids is 1. The molecule has 3 heterocycles. The lowest BCUT2D eigenvalue weighted by Gasteiger charge is -2.48. The van der Waals surface area contributed by atoms with Gasteiger partial charge in [-0.2, -0.15) is 5.11 Å². The molecule has 0 bridgehead atoms. The molecule has 2 atom stereocenters. The Balaban J connectivity index is 1.86. The van der Waals surface area contributed by atoms with Crippen LogP contribution in [0.25, 0.3) is 0 Å². The summed E-state index contributed by atoms with van der Waals surface area (Å²) < 4.78 is 5.77. The average molecular weight is 301 g/mol. The fourth-order valence-electron chi connectivity index (χ4n) is 4.65. The van der Waals surface area contributed by atoms with Gasteiger partial charge < -0.3 is 10.1 Å². The zero-order chi connectivity index (χ0) is 15.5. The van der Waals surface area contributed by atoms with Gasteiger partial charge in [-0.25, -0.2) is 0 Å². The van der Waals surface area contributed by atoms with Crippen LogP contribution in [0.4, 0.5) is 0 Å². The second-order valence-corrected chi connectivity index (χ2v) is 7.86. The van der Waals surface area contributed by atoms with Crippen molar-refractivity contribution in [3.8, 4) is 0 Å². The molecule has 118 valence electrons. The van der Waals surface area contributed by atoms with Gasteiger partial charge in [0.15, 0.2) is 11.6 Å². The molecule has 1 N–H and O–H groups in total. The first-order valence-electron chi connectivity index (χ1n) is 8.18. The van der Waals surface area contributed by atoms with Crippen molar-refractivity contribution in [1.82, 2.24) is 5.32 Å². The molecule has 0 aromatic heterocycles. The maximum absolute atomic E-state index is 13.0. The highest BCUT2D eigenvalue weighted by Crippen LogP contribution is 2.55. The standard InChI is InChI=1S/C17H23N3O2/c1-10-6-17(4-5-22-10)11-9-18-20-15(11)19-12-7-16(2,3)8-13(21)14(12)17/h10,19H,4-9H2,1-3H3/t10-,17-/m0/s1. The molecular weight excluding hydrogens is 278 g/mol. The van der Waals surface area contributed by atoms with E-state index in [0.717, 1.165) is 36.4 Å². The van der Waals surface area contributed by atoms with Crippen molar-refractivity contribution in [3.63, 3.8) is 0 Å². The minimum Gasteiger partial charge on any atom is -0.378 e. The van der Waals surface area contributed by atoms with Gasteiger partial charge in [-0.3, -0.25) is 4.79 Å². The summed E-state index contributed by atoms with van der Waals surface area (Å²) in [5.41, 5.74) is 3.09. The SMILES string of the molecule is C[C@H]1C[C@@]2(CCO1)C1=C(N=NC1)NC1=C2C(=O)CC(C)(C)C1. The van der Waals surface area contributed by atoms with Gasteiger partial charge in [0, 0.05) is 35.3 Å². The predicted molar refractivity (Wildman–Crippen MR) is 82.0 cm³/mol. The number of fused-ring (bicyclic) bond motifs is 2. The third-order valence-electron chi connectivity index (χ3n) is 5.45. The van der Waals surface area contributed by atoms with E-state index in [1.54, 1.807) is 0 Å². The molecular formula is C17H23N3O2. The number of allylic oxidation sites excluding steroid dienone is 2. The molecule has 3 aliphatic heterocycles. The average Bonchev–Trinajstić information content (AvgIpc) is 2.85. The second-order valence-electron chi connectivity index (χ2n) is 7.86. The summed E-state index contributed by atoms with van der Waals surface area (Å²) in [6.07, 6.45) is 3.42. The topological polar surface area (TPSA) is 63.1 Å². The summed E-state index contributed by atoms with van der Waals surface area (Å²) in [4.78, 5) is 13.0. The minimum atomic E-state index is -0.204. The van der Waals surface area contributed by atoms with Crippen molar-refractivity contribution in [3.05, 3.63) is 22.7 Å². The molecule has 0 unspecified atom stereocenters. The molecule has 4 aliphatic rings. The third kappa shape index (κ3) is 1.91. The number of ether oxygens (including phenoxy) is 1. The number of hydrogen-bond acceptors (Lipinski definition) is 5. The summed E-state index contributed by atoms with van der Waals surface area (Å²) in [7, 11) is 0. The molecule has 5 heteroatoms. The molecule has 0 amide bonds.